The lowest BCUT2D eigenvalue weighted by Gasteiger charge is -2.14. The molecule has 116 valence electrons. The minimum Gasteiger partial charge on any atom is -0.496 e. The molecule has 0 atom stereocenters. The predicted octanol–water partition coefficient (Wildman–Crippen LogP) is 3.80. The van der Waals surface area contributed by atoms with E-state index in [0.717, 1.165) is 22.4 Å². The number of halogens is 1. The molecule has 5 heteroatoms. The normalized spacial score (nSPS) is 10.4. The maximum Gasteiger partial charge on any atom is 0.338 e. The highest BCUT2D eigenvalue weighted by Crippen LogP contribution is 2.26. The molecule has 0 spiro atoms. The number of aryl methyl sites for hydroxylation is 1. The van der Waals surface area contributed by atoms with Gasteiger partial charge < -0.3 is 9.47 Å². The van der Waals surface area contributed by atoms with E-state index in [-0.39, 0.29) is 12.6 Å². The van der Waals surface area contributed by atoms with Gasteiger partial charge in [-0.05, 0) is 25.5 Å². The number of hydrogen-bond donors (Lipinski definition) is 0. The third kappa shape index (κ3) is 3.39. The highest BCUT2D eigenvalue weighted by Gasteiger charge is 2.15. The van der Waals surface area contributed by atoms with Crippen LogP contribution < -0.4 is 4.74 Å². The van der Waals surface area contributed by atoms with Crippen LogP contribution in [0, 0.1) is 13.8 Å². The summed E-state index contributed by atoms with van der Waals surface area (Å²) in [5, 5.41) is 0. The van der Waals surface area contributed by atoms with E-state index < -0.39 is 0 Å². The van der Waals surface area contributed by atoms with Gasteiger partial charge in [0.1, 0.15) is 12.4 Å². The maximum atomic E-state index is 12.1. The van der Waals surface area contributed by atoms with Crippen LogP contribution in [0.4, 0.5) is 0 Å². The van der Waals surface area contributed by atoms with E-state index in [1.54, 1.807) is 19.4 Å². The molecule has 1 aromatic heterocycles. The van der Waals surface area contributed by atoms with Crippen molar-refractivity contribution in [2.45, 2.75) is 26.3 Å². The van der Waals surface area contributed by atoms with Gasteiger partial charge in [-0.15, -0.1) is 11.6 Å². The van der Waals surface area contributed by atoms with E-state index >= 15 is 0 Å². The average molecular weight is 320 g/mol. The molecule has 0 unspecified atom stereocenters. The van der Waals surface area contributed by atoms with Crippen molar-refractivity contribution in [1.29, 1.82) is 0 Å². The fourth-order valence-electron chi connectivity index (χ4n) is 2.23. The van der Waals surface area contributed by atoms with Crippen LogP contribution in [0.15, 0.2) is 30.5 Å². The van der Waals surface area contributed by atoms with E-state index in [1.807, 2.05) is 32.0 Å². The van der Waals surface area contributed by atoms with E-state index in [4.69, 9.17) is 21.1 Å². The first-order valence-corrected chi connectivity index (χ1v) is 7.42. The molecule has 2 rings (SSSR count). The molecule has 0 N–H and O–H groups in total. The van der Waals surface area contributed by atoms with Crippen LogP contribution in [0.3, 0.4) is 0 Å². The van der Waals surface area contributed by atoms with E-state index in [0.29, 0.717) is 17.2 Å². The number of alkyl halides is 1. The van der Waals surface area contributed by atoms with Gasteiger partial charge in [-0.25, -0.2) is 4.79 Å². The topological polar surface area (TPSA) is 48.4 Å². The Labute approximate surface area is 135 Å². The summed E-state index contributed by atoms with van der Waals surface area (Å²) in [7, 11) is 1.58. The van der Waals surface area contributed by atoms with E-state index in [2.05, 4.69) is 4.98 Å². The van der Waals surface area contributed by atoms with E-state index in [9.17, 15) is 4.79 Å². The third-order valence-electron chi connectivity index (χ3n) is 3.50. The first-order chi connectivity index (χ1) is 10.6. The van der Waals surface area contributed by atoms with Gasteiger partial charge in [0, 0.05) is 11.8 Å². The van der Waals surface area contributed by atoms with Gasteiger partial charge in [-0.3, -0.25) is 4.98 Å². The van der Waals surface area contributed by atoms with Gasteiger partial charge in [-0.1, -0.05) is 18.2 Å². The monoisotopic (exact) mass is 319 g/mol. The van der Waals surface area contributed by atoms with Crippen LogP contribution in [-0.2, 0) is 17.2 Å². The van der Waals surface area contributed by atoms with Crippen molar-refractivity contribution in [2.24, 2.45) is 0 Å². The zero-order valence-electron chi connectivity index (χ0n) is 12.9. The molecule has 1 aromatic carbocycles. The Kier molecular flexibility index (Phi) is 5.39. The summed E-state index contributed by atoms with van der Waals surface area (Å²) >= 11 is 5.84. The Hall–Kier alpha value is -2.07. The molecule has 0 saturated carbocycles. The molecular formula is C17H18ClNO3. The lowest BCUT2D eigenvalue weighted by Crippen LogP contribution is -2.09. The molecule has 0 fully saturated rings. The Morgan fingerprint density at radius 3 is 2.64 bits per heavy atom. The van der Waals surface area contributed by atoms with Gasteiger partial charge in [0.2, 0.25) is 0 Å². The lowest BCUT2D eigenvalue weighted by atomic mass is 10.1. The fourth-order valence-corrected chi connectivity index (χ4v) is 2.50. The van der Waals surface area contributed by atoms with Crippen molar-refractivity contribution >= 4 is 17.6 Å². The van der Waals surface area contributed by atoms with Gasteiger partial charge in [-0.2, -0.15) is 0 Å². The number of esters is 1. The second-order valence-electron chi connectivity index (χ2n) is 4.91. The molecule has 0 aliphatic heterocycles. The molecule has 2 aromatic rings. The average Bonchev–Trinajstić information content (AvgIpc) is 2.53. The summed E-state index contributed by atoms with van der Waals surface area (Å²) in [6, 6.07) is 7.31. The SMILES string of the molecule is COc1c(COC(=O)c2ccccc2C)cnc(CCl)c1C. The van der Waals surface area contributed by atoms with Crippen molar-refractivity contribution < 1.29 is 14.3 Å². The van der Waals surface area contributed by atoms with Crippen molar-refractivity contribution in [3.63, 3.8) is 0 Å². The molecule has 4 nitrogen and oxygen atoms in total. The smallest absolute Gasteiger partial charge is 0.338 e. The number of carbonyl (C=O) groups is 1. The zero-order chi connectivity index (χ0) is 16.1. The number of ether oxygens (including phenoxy) is 2. The largest absolute Gasteiger partial charge is 0.496 e. The molecule has 0 saturated heterocycles. The molecule has 0 bridgehead atoms. The highest BCUT2D eigenvalue weighted by atomic mass is 35.5. The summed E-state index contributed by atoms with van der Waals surface area (Å²) in [4.78, 5) is 16.4. The molecule has 0 amide bonds. The van der Waals surface area contributed by atoms with Crippen molar-refractivity contribution in [1.82, 2.24) is 4.98 Å². The Morgan fingerprint density at radius 1 is 1.27 bits per heavy atom. The van der Waals surface area contributed by atoms with Crippen LogP contribution in [0.2, 0.25) is 0 Å². The van der Waals surface area contributed by atoms with Crippen molar-refractivity contribution in [2.75, 3.05) is 7.11 Å². The lowest BCUT2D eigenvalue weighted by molar-refractivity contribution is 0.0469. The quantitative estimate of drug-likeness (QED) is 0.621. The highest BCUT2D eigenvalue weighted by molar-refractivity contribution is 6.17. The van der Waals surface area contributed by atoms with E-state index in [1.165, 1.54) is 0 Å². The number of benzene rings is 1. The molecule has 0 aliphatic carbocycles. The summed E-state index contributed by atoms with van der Waals surface area (Å²) < 4.78 is 10.8. The van der Waals surface area contributed by atoms with Crippen LogP contribution in [0.1, 0.15) is 32.7 Å². The van der Waals surface area contributed by atoms with Gasteiger partial charge in [0.15, 0.2) is 0 Å². The van der Waals surface area contributed by atoms with Crippen LogP contribution in [0.25, 0.3) is 0 Å². The zero-order valence-corrected chi connectivity index (χ0v) is 13.6. The summed E-state index contributed by atoms with van der Waals surface area (Å²) in [6.45, 7) is 3.86. The molecule has 0 aliphatic rings. The van der Waals surface area contributed by atoms with Crippen LogP contribution >= 0.6 is 11.6 Å². The number of methoxy groups -OCH3 is 1. The fraction of sp³-hybridized carbons (Fsp3) is 0.294. The van der Waals surface area contributed by atoms with Crippen molar-refractivity contribution in [3.05, 3.63) is 58.4 Å². The summed E-state index contributed by atoms with van der Waals surface area (Å²) in [5.41, 5.74) is 3.78. The second-order valence-corrected chi connectivity index (χ2v) is 5.18. The molecule has 1 heterocycles. The standard InChI is InChI=1S/C17H18ClNO3/c1-11-6-4-5-7-14(11)17(20)22-10-13-9-19-15(8-18)12(2)16(13)21-3/h4-7,9H,8,10H2,1-3H3. The summed E-state index contributed by atoms with van der Waals surface area (Å²) in [5.74, 6) is 0.605. The second kappa shape index (κ2) is 7.27. The van der Waals surface area contributed by atoms with Crippen LogP contribution in [-0.4, -0.2) is 18.1 Å². The Bertz CT molecular complexity index is 686. The van der Waals surface area contributed by atoms with Gasteiger partial charge >= 0.3 is 5.97 Å². The number of nitrogens with zero attached hydrogens (tertiary/aromatic N) is 1. The number of pyridine rings is 1. The predicted molar refractivity (Wildman–Crippen MR) is 85.4 cm³/mol. The molecular weight excluding hydrogens is 302 g/mol. The molecule has 22 heavy (non-hydrogen) atoms. The molecule has 0 radical (unpaired) electrons. The number of rotatable bonds is 5. The third-order valence-corrected chi connectivity index (χ3v) is 3.75. The Morgan fingerprint density at radius 2 is 2.00 bits per heavy atom. The summed E-state index contributed by atoms with van der Waals surface area (Å²) in [6.07, 6.45) is 1.63. The number of aromatic nitrogens is 1. The van der Waals surface area contributed by atoms with Crippen molar-refractivity contribution in [3.8, 4) is 5.75 Å². The minimum atomic E-state index is -0.362. The van der Waals surface area contributed by atoms with Crippen LogP contribution in [0.5, 0.6) is 5.75 Å². The first-order valence-electron chi connectivity index (χ1n) is 6.88. The Balaban J connectivity index is 2.17. The number of carbonyl (C=O) groups excluding carboxylic acids is 1. The minimum absolute atomic E-state index is 0.104. The number of hydrogen-bond acceptors (Lipinski definition) is 4. The van der Waals surface area contributed by atoms with Gasteiger partial charge in [0.25, 0.3) is 0 Å². The maximum absolute atomic E-state index is 12.1. The van der Waals surface area contributed by atoms with Gasteiger partial charge in [0.05, 0.1) is 29.8 Å². The first kappa shape index (κ1) is 16.3.